The first kappa shape index (κ1) is 15.0. The Morgan fingerprint density at radius 2 is 1.91 bits per heavy atom. The number of fused-ring (bicyclic) bond motifs is 1. The maximum absolute atomic E-state index is 12.5. The minimum Gasteiger partial charge on any atom is -0.465 e. The van der Waals surface area contributed by atoms with Crippen LogP contribution in [0.4, 0.5) is 0 Å². The second kappa shape index (κ2) is 4.71. The average Bonchev–Trinajstić information content (AvgIpc) is 3.06. The molecular formula is C18H22O4Si. The van der Waals surface area contributed by atoms with Gasteiger partial charge in [-0.05, 0) is 30.9 Å². The number of esters is 1. The van der Waals surface area contributed by atoms with Crippen molar-refractivity contribution >= 4 is 19.6 Å². The van der Waals surface area contributed by atoms with Crippen molar-refractivity contribution in [2.24, 2.45) is 5.92 Å². The maximum atomic E-state index is 12.5. The number of aliphatic hydroxyl groups is 1. The van der Waals surface area contributed by atoms with E-state index in [4.69, 9.17) is 9.15 Å². The van der Waals surface area contributed by atoms with Crippen LogP contribution < -0.4 is 0 Å². The van der Waals surface area contributed by atoms with Gasteiger partial charge in [0.25, 0.3) is 0 Å². The molecule has 0 aromatic carbocycles. The number of ether oxygens (including phenoxy) is 1. The number of hydrogen-bond donors (Lipinski definition) is 1. The minimum atomic E-state index is -1.86. The monoisotopic (exact) mass is 330 g/mol. The van der Waals surface area contributed by atoms with Crippen LogP contribution >= 0.6 is 0 Å². The van der Waals surface area contributed by atoms with Crippen LogP contribution in [0.15, 0.2) is 39.3 Å². The highest BCUT2D eigenvalue weighted by molar-refractivity contribution is 6.87. The molecule has 0 radical (unpaired) electrons. The van der Waals surface area contributed by atoms with Gasteiger partial charge in [-0.2, -0.15) is 0 Å². The molecule has 122 valence electrons. The third-order valence-corrected chi connectivity index (χ3v) is 7.13. The molecule has 2 heterocycles. The highest BCUT2D eigenvalue weighted by Crippen LogP contribution is 2.54. The summed E-state index contributed by atoms with van der Waals surface area (Å²) < 4.78 is 11.2. The molecule has 1 atom stereocenters. The molecule has 2 aliphatic carbocycles. The molecule has 1 N–H and O–H groups in total. The Hall–Kier alpha value is -1.59. The van der Waals surface area contributed by atoms with Gasteiger partial charge in [-0.3, -0.25) is 0 Å². The van der Waals surface area contributed by atoms with Crippen molar-refractivity contribution in [2.75, 3.05) is 0 Å². The van der Waals surface area contributed by atoms with E-state index in [0.717, 1.165) is 29.2 Å². The zero-order valence-corrected chi connectivity index (χ0v) is 14.8. The van der Waals surface area contributed by atoms with Gasteiger partial charge in [0.2, 0.25) is 0 Å². The lowest BCUT2D eigenvalue weighted by Crippen LogP contribution is -2.36. The number of rotatable bonds is 3. The van der Waals surface area contributed by atoms with Crippen molar-refractivity contribution in [3.05, 3.63) is 40.7 Å². The molecular weight excluding hydrogens is 308 g/mol. The fourth-order valence-electron chi connectivity index (χ4n) is 3.93. The summed E-state index contributed by atoms with van der Waals surface area (Å²) in [7, 11) is -1.86. The van der Waals surface area contributed by atoms with Gasteiger partial charge in [0.15, 0.2) is 0 Å². The summed E-state index contributed by atoms with van der Waals surface area (Å²) in [6.07, 6.45) is 4.76. The summed E-state index contributed by atoms with van der Waals surface area (Å²) >= 11 is 0. The van der Waals surface area contributed by atoms with E-state index in [0.29, 0.717) is 30.3 Å². The molecule has 1 unspecified atom stereocenters. The Bertz CT molecular complexity index is 732. The number of carbonyl (C=O) groups is 1. The van der Waals surface area contributed by atoms with E-state index in [1.807, 2.05) is 12.1 Å². The summed E-state index contributed by atoms with van der Waals surface area (Å²) in [6.45, 7) is 6.45. The van der Waals surface area contributed by atoms with Gasteiger partial charge in [0.05, 0.1) is 19.9 Å². The number of furan rings is 1. The van der Waals surface area contributed by atoms with Crippen LogP contribution in [0.25, 0.3) is 5.57 Å². The van der Waals surface area contributed by atoms with Crippen molar-refractivity contribution in [2.45, 2.75) is 50.9 Å². The summed E-state index contributed by atoms with van der Waals surface area (Å²) in [5, 5.41) is 12.1. The molecule has 0 saturated heterocycles. The van der Waals surface area contributed by atoms with Crippen LogP contribution in [0.5, 0.6) is 0 Å². The number of hydrogen-bond acceptors (Lipinski definition) is 4. The van der Waals surface area contributed by atoms with E-state index in [-0.39, 0.29) is 5.97 Å². The van der Waals surface area contributed by atoms with Crippen LogP contribution in [0, 0.1) is 5.92 Å². The van der Waals surface area contributed by atoms with Crippen LogP contribution in [-0.2, 0) is 9.53 Å². The fourth-order valence-corrected chi connectivity index (χ4v) is 5.70. The van der Waals surface area contributed by atoms with Gasteiger partial charge in [-0.1, -0.05) is 19.6 Å². The molecule has 4 nitrogen and oxygen atoms in total. The topological polar surface area (TPSA) is 59.7 Å². The van der Waals surface area contributed by atoms with E-state index in [1.165, 1.54) is 0 Å². The quantitative estimate of drug-likeness (QED) is 0.679. The van der Waals surface area contributed by atoms with E-state index in [2.05, 4.69) is 19.6 Å². The molecule has 1 aromatic heterocycles. The first-order valence-corrected chi connectivity index (χ1v) is 11.8. The van der Waals surface area contributed by atoms with Gasteiger partial charge in [0.1, 0.15) is 11.5 Å². The highest BCUT2D eigenvalue weighted by atomic mass is 28.3. The lowest BCUT2D eigenvalue weighted by Gasteiger charge is -2.34. The average molecular weight is 330 g/mol. The molecule has 1 saturated carbocycles. The summed E-state index contributed by atoms with van der Waals surface area (Å²) in [5.74, 6) is 1.44. The Morgan fingerprint density at radius 1 is 1.22 bits per heavy atom. The summed E-state index contributed by atoms with van der Waals surface area (Å²) in [6, 6.07) is 3.70. The van der Waals surface area contributed by atoms with E-state index < -0.39 is 13.7 Å². The lowest BCUT2D eigenvalue weighted by atomic mass is 9.77. The maximum Gasteiger partial charge on any atom is 0.335 e. The van der Waals surface area contributed by atoms with Crippen LogP contribution in [0.3, 0.4) is 0 Å². The predicted molar refractivity (Wildman–Crippen MR) is 89.0 cm³/mol. The van der Waals surface area contributed by atoms with E-state index in [9.17, 15) is 9.90 Å². The molecule has 5 heteroatoms. The lowest BCUT2D eigenvalue weighted by molar-refractivity contribution is -0.132. The highest BCUT2D eigenvalue weighted by Gasteiger charge is 2.52. The Balaban J connectivity index is 1.92. The van der Waals surface area contributed by atoms with Crippen LogP contribution in [0.1, 0.15) is 31.4 Å². The van der Waals surface area contributed by atoms with Gasteiger partial charge in [-0.15, -0.1) is 0 Å². The molecule has 23 heavy (non-hydrogen) atoms. The van der Waals surface area contributed by atoms with Crippen molar-refractivity contribution in [1.82, 2.24) is 0 Å². The summed E-state index contributed by atoms with van der Waals surface area (Å²) in [4.78, 5) is 12.5. The first-order chi connectivity index (χ1) is 10.8. The largest absolute Gasteiger partial charge is 0.465 e. The van der Waals surface area contributed by atoms with Crippen molar-refractivity contribution in [1.29, 1.82) is 0 Å². The molecule has 1 aromatic rings. The molecule has 1 fully saturated rings. The number of carbonyl (C=O) groups excluding carboxylic acids is 1. The molecule has 0 spiro atoms. The smallest absolute Gasteiger partial charge is 0.335 e. The van der Waals surface area contributed by atoms with Crippen LogP contribution in [0.2, 0.25) is 19.6 Å². The Kier molecular flexibility index (Phi) is 3.06. The molecule has 3 aliphatic rings. The zero-order valence-electron chi connectivity index (χ0n) is 13.8. The Labute approximate surface area is 136 Å². The normalized spacial score (nSPS) is 28.3. The SMILES string of the molecule is C[Si](C)(C)C1=C2CC(O)(C3CC3)CC(c3ccco3)=C2OC1=O. The molecule has 0 bridgehead atoms. The predicted octanol–water partition coefficient (Wildman–Crippen LogP) is 3.66. The molecule has 4 rings (SSSR count). The third-order valence-electron chi connectivity index (χ3n) is 5.12. The molecule has 1 aliphatic heterocycles. The van der Waals surface area contributed by atoms with Gasteiger partial charge in [0, 0.05) is 29.2 Å². The van der Waals surface area contributed by atoms with Crippen molar-refractivity contribution in [3.8, 4) is 0 Å². The second-order valence-electron chi connectivity index (χ2n) is 8.01. The van der Waals surface area contributed by atoms with Crippen molar-refractivity contribution in [3.63, 3.8) is 0 Å². The van der Waals surface area contributed by atoms with E-state index >= 15 is 0 Å². The second-order valence-corrected chi connectivity index (χ2v) is 13.0. The third kappa shape index (κ3) is 2.34. The van der Waals surface area contributed by atoms with Gasteiger partial charge >= 0.3 is 5.97 Å². The fraction of sp³-hybridized carbons (Fsp3) is 0.500. The number of allylic oxidation sites excluding steroid dienone is 1. The Morgan fingerprint density at radius 3 is 2.48 bits per heavy atom. The summed E-state index contributed by atoms with van der Waals surface area (Å²) in [5.41, 5.74) is 0.994. The zero-order chi connectivity index (χ0) is 16.4. The first-order valence-electron chi connectivity index (χ1n) is 8.25. The van der Waals surface area contributed by atoms with Gasteiger partial charge < -0.3 is 14.3 Å². The standard InChI is InChI=1S/C18H22O4Si/c1-23(2,3)16-13-10-18(20,11-6-7-11)9-12(14-5-4-8-21-14)15(13)22-17(16)19/h4-5,8,11,20H,6-7,9-10H2,1-3H3. The molecule has 0 amide bonds. The van der Waals surface area contributed by atoms with Gasteiger partial charge in [-0.25, -0.2) is 4.79 Å². The van der Waals surface area contributed by atoms with Crippen molar-refractivity contribution < 1.29 is 19.1 Å². The van der Waals surface area contributed by atoms with E-state index in [1.54, 1.807) is 6.26 Å². The minimum absolute atomic E-state index is 0.224. The van der Waals surface area contributed by atoms with Crippen LogP contribution in [-0.4, -0.2) is 24.8 Å².